The second-order valence-corrected chi connectivity index (χ2v) is 15.9. The molecule has 0 rings (SSSR count). The van der Waals surface area contributed by atoms with Gasteiger partial charge in [-0.3, -0.25) is 0 Å². The SMILES string of the molecule is CCCCCCCCCCCCCCCCCCOCC(COC(=O)NCCC(C)C)OCCCCCCCCCCCCCCCCCC. The predicted octanol–water partition coefficient (Wildman–Crippen LogP) is 14.7. The number of rotatable bonds is 42. The van der Waals surface area contributed by atoms with E-state index < -0.39 is 0 Å². The van der Waals surface area contributed by atoms with Crippen LogP contribution in [0.15, 0.2) is 0 Å². The van der Waals surface area contributed by atoms with Gasteiger partial charge in [0.2, 0.25) is 0 Å². The number of unbranched alkanes of at least 4 members (excludes halogenated alkanes) is 30. The van der Waals surface area contributed by atoms with Gasteiger partial charge in [0.15, 0.2) is 0 Å². The average Bonchev–Trinajstić information content (AvgIpc) is 3.10. The molecule has 0 aromatic carbocycles. The summed E-state index contributed by atoms with van der Waals surface area (Å²) in [6.07, 6.45) is 44.3. The van der Waals surface area contributed by atoms with Gasteiger partial charge in [-0.05, 0) is 25.2 Å². The molecule has 5 heteroatoms. The highest BCUT2D eigenvalue weighted by atomic mass is 16.6. The molecule has 0 aromatic heterocycles. The molecule has 0 heterocycles. The van der Waals surface area contributed by atoms with E-state index in [1.165, 1.54) is 193 Å². The molecule has 1 N–H and O–H groups in total. The van der Waals surface area contributed by atoms with Gasteiger partial charge in [0.1, 0.15) is 12.7 Å². The summed E-state index contributed by atoms with van der Waals surface area (Å²) < 4.78 is 17.7. The summed E-state index contributed by atoms with van der Waals surface area (Å²) in [4.78, 5) is 12.2. The fourth-order valence-electron chi connectivity index (χ4n) is 6.69. The van der Waals surface area contributed by atoms with Gasteiger partial charge < -0.3 is 19.5 Å². The molecule has 0 aromatic rings. The third-order valence-corrected chi connectivity index (χ3v) is 10.2. The Morgan fingerprint density at radius 1 is 0.460 bits per heavy atom. The lowest BCUT2D eigenvalue weighted by Crippen LogP contribution is -2.32. The molecule has 1 unspecified atom stereocenters. The van der Waals surface area contributed by atoms with Crippen LogP contribution in [0.2, 0.25) is 0 Å². The molecule has 0 aliphatic heterocycles. The van der Waals surface area contributed by atoms with Crippen molar-refractivity contribution in [2.24, 2.45) is 5.92 Å². The zero-order chi connectivity index (χ0) is 36.4. The molecular weight excluding hydrogens is 618 g/mol. The normalized spacial score (nSPS) is 12.2. The maximum Gasteiger partial charge on any atom is 0.407 e. The maximum absolute atomic E-state index is 12.2. The number of ether oxygens (including phenoxy) is 3. The molecule has 0 radical (unpaired) electrons. The quantitative estimate of drug-likeness (QED) is 0.0641. The van der Waals surface area contributed by atoms with Crippen LogP contribution in [0.5, 0.6) is 0 Å². The Morgan fingerprint density at radius 2 is 0.800 bits per heavy atom. The van der Waals surface area contributed by atoms with Crippen molar-refractivity contribution in [3.05, 3.63) is 0 Å². The Balaban J connectivity index is 3.86. The molecular formula is C45H91NO4. The van der Waals surface area contributed by atoms with Crippen molar-refractivity contribution in [2.75, 3.05) is 33.0 Å². The zero-order valence-electron chi connectivity index (χ0n) is 34.7. The fourth-order valence-corrected chi connectivity index (χ4v) is 6.69. The van der Waals surface area contributed by atoms with Gasteiger partial charge in [0, 0.05) is 19.8 Å². The van der Waals surface area contributed by atoms with Crippen molar-refractivity contribution in [1.82, 2.24) is 5.32 Å². The smallest absolute Gasteiger partial charge is 0.407 e. The first-order valence-corrected chi connectivity index (χ1v) is 22.7. The molecule has 0 spiro atoms. The molecule has 0 aliphatic carbocycles. The molecule has 0 aliphatic rings. The van der Waals surface area contributed by atoms with Gasteiger partial charge in [-0.25, -0.2) is 4.79 Å². The van der Waals surface area contributed by atoms with E-state index in [0.717, 1.165) is 25.9 Å². The minimum atomic E-state index is -0.348. The van der Waals surface area contributed by atoms with Crippen molar-refractivity contribution in [1.29, 1.82) is 0 Å². The van der Waals surface area contributed by atoms with E-state index in [4.69, 9.17) is 14.2 Å². The molecule has 50 heavy (non-hydrogen) atoms. The number of carbonyl (C=O) groups is 1. The van der Waals surface area contributed by atoms with Gasteiger partial charge in [0.05, 0.1) is 6.61 Å². The van der Waals surface area contributed by atoms with Crippen LogP contribution < -0.4 is 5.32 Å². The van der Waals surface area contributed by atoms with Gasteiger partial charge in [0.25, 0.3) is 0 Å². The van der Waals surface area contributed by atoms with E-state index in [0.29, 0.717) is 25.7 Å². The minimum Gasteiger partial charge on any atom is -0.447 e. The molecule has 1 atom stereocenters. The van der Waals surface area contributed by atoms with Crippen LogP contribution in [0, 0.1) is 5.92 Å². The Morgan fingerprint density at radius 3 is 1.16 bits per heavy atom. The first kappa shape index (κ1) is 49.2. The summed E-state index contributed by atoms with van der Waals surface area (Å²) in [7, 11) is 0. The van der Waals surface area contributed by atoms with E-state index in [1.54, 1.807) is 0 Å². The molecule has 5 nitrogen and oxygen atoms in total. The Hall–Kier alpha value is -0.810. The zero-order valence-corrected chi connectivity index (χ0v) is 34.7. The van der Waals surface area contributed by atoms with E-state index in [-0.39, 0.29) is 18.8 Å². The highest BCUT2D eigenvalue weighted by Crippen LogP contribution is 2.15. The van der Waals surface area contributed by atoms with E-state index in [9.17, 15) is 4.79 Å². The van der Waals surface area contributed by atoms with Crippen LogP contribution in [0.25, 0.3) is 0 Å². The van der Waals surface area contributed by atoms with Crippen LogP contribution in [-0.4, -0.2) is 45.2 Å². The molecule has 0 saturated carbocycles. The maximum atomic E-state index is 12.2. The van der Waals surface area contributed by atoms with Crippen molar-refractivity contribution < 1.29 is 19.0 Å². The lowest BCUT2D eigenvalue weighted by Gasteiger charge is -2.18. The second kappa shape index (κ2) is 42.6. The number of carbonyl (C=O) groups excluding carboxylic acids is 1. The Kier molecular flexibility index (Phi) is 41.9. The average molecular weight is 710 g/mol. The molecule has 0 saturated heterocycles. The number of alkyl carbamates (subject to hydrolysis) is 1. The van der Waals surface area contributed by atoms with E-state index >= 15 is 0 Å². The Labute approximate surface area is 314 Å². The number of hydrogen-bond acceptors (Lipinski definition) is 4. The van der Waals surface area contributed by atoms with E-state index in [1.807, 2.05) is 0 Å². The first-order chi connectivity index (χ1) is 24.6. The monoisotopic (exact) mass is 710 g/mol. The van der Waals surface area contributed by atoms with Crippen LogP contribution >= 0.6 is 0 Å². The van der Waals surface area contributed by atoms with Crippen molar-refractivity contribution in [2.45, 2.75) is 246 Å². The number of hydrogen-bond donors (Lipinski definition) is 1. The third kappa shape index (κ3) is 41.6. The van der Waals surface area contributed by atoms with Crippen LogP contribution in [0.1, 0.15) is 240 Å². The number of amides is 1. The van der Waals surface area contributed by atoms with Crippen molar-refractivity contribution in [3.63, 3.8) is 0 Å². The van der Waals surface area contributed by atoms with Crippen LogP contribution in [0.3, 0.4) is 0 Å². The lowest BCUT2D eigenvalue weighted by atomic mass is 10.0. The summed E-state index contributed by atoms with van der Waals surface area (Å²) in [5, 5.41) is 2.87. The molecule has 0 bridgehead atoms. The summed E-state index contributed by atoms with van der Waals surface area (Å²) in [5.41, 5.74) is 0. The summed E-state index contributed by atoms with van der Waals surface area (Å²) >= 11 is 0. The Bertz CT molecular complexity index is 643. The minimum absolute atomic E-state index is 0.191. The lowest BCUT2D eigenvalue weighted by molar-refractivity contribution is -0.0468. The standard InChI is InChI=1S/C45H91NO4/c1-5-7-9-11-13-15-17-19-21-23-25-27-29-31-33-35-39-48-41-44(42-50-45(47)46-38-37-43(3)4)49-40-36-34-32-30-28-26-24-22-20-18-16-14-12-10-8-6-2/h43-44H,5-42H2,1-4H3,(H,46,47). The fraction of sp³-hybridized carbons (Fsp3) is 0.978. The highest BCUT2D eigenvalue weighted by Gasteiger charge is 2.13. The van der Waals surface area contributed by atoms with Gasteiger partial charge >= 0.3 is 6.09 Å². The predicted molar refractivity (Wildman–Crippen MR) is 218 cm³/mol. The topological polar surface area (TPSA) is 56.8 Å². The summed E-state index contributed by atoms with van der Waals surface area (Å²) in [5.74, 6) is 0.559. The van der Waals surface area contributed by atoms with Crippen LogP contribution in [-0.2, 0) is 14.2 Å². The second-order valence-electron chi connectivity index (χ2n) is 15.9. The van der Waals surface area contributed by atoms with Gasteiger partial charge in [-0.1, -0.05) is 220 Å². The van der Waals surface area contributed by atoms with Crippen LogP contribution in [0.4, 0.5) is 4.79 Å². The molecule has 0 fully saturated rings. The van der Waals surface area contributed by atoms with Gasteiger partial charge in [-0.15, -0.1) is 0 Å². The van der Waals surface area contributed by atoms with Crippen molar-refractivity contribution in [3.8, 4) is 0 Å². The summed E-state index contributed by atoms with van der Waals surface area (Å²) in [6.45, 7) is 11.8. The molecule has 300 valence electrons. The largest absolute Gasteiger partial charge is 0.447 e. The molecule has 1 amide bonds. The van der Waals surface area contributed by atoms with Crippen molar-refractivity contribution >= 4 is 6.09 Å². The highest BCUT2D eigenvalue weighted by molar-refractivity contribution is 5.67. The first-order valence-electron chi connectivity index (χ1n) is 22.7. The number of nitrogens with one attached hydrogen (secondary N) is 1. The van der Waals surface area contributed by atoms with E-state index in [2.05, 4.69) is 33.0 Å². The van der Waals surface area contributed by atoms with Gasteiger partial charge in [-0.2, -0.15) is 0 Å². The summed E-state index contributed by atoms with van der Waals surface area (Å²) in [6, 6.07) is 0. The third-order valence-electron chi connectivity index (χ3n) is 10.2.